The third kappa shape index (κ3) is 2.68. The van der Waals surface area contributed by atoms with Gasteiger partial charge in [-0.25, -0.2) is 0 Å². The number of hydrogen-bond acceptors (Lipinski definition) is 1. The molecule has 0 fully saturated rings. The molecule has 1 rings (SSSR count). The zero-order valence-corrected chi connectivity index (χ0v) is 7.95. The SMILES string of the molecule is CCc1cccnc1CCl.Cl. The van der Waals surface area contributed by atoms with Crippen molar-refractivity contribution in [2.75, 3.05) is 0 Å². The van der Waals surface area contributed by atoms with E-state index in [0.29, 0.717) is 5.88 Å². The summed E-state index contributed by atoms with van der Waals surface area (Å²) >= 11 is 5.65. The van der Waals surface area contributed by atoms with Crippen molar-refractivity contribution in [3.05, 3.63) is 29.6 Å². The molecule has 0 spiro atoms. The first-order valence-corrected chi connectivity index (χ1v) is 3.90. The van der Waals surface area contributed by atoms with Crippen LogP contribution in [0.4, 0.5) is 0 Å². The Morgan fingerprint density at radius 3 is 2.73 bits per heavy atom. The van der Waals surface area contributed by atoms with Gasteiger partial charge in [-0.3, -0.25) is 4.98 Å². The summed E-state index contributed by atoms with van der Waals surface area (Å²) in [5, 5.41) is 0. The predicted octanol–water partition coefficient (Wildman–Crippen LogP) is 2.80. The zero-order valence-electron chi connectivity index (χ0n) is 6.38. The Labute approximate surface area is 78.2 Å². The van der Waals surface area contributed by atoms with Gasteiger partial charge in [-0.1, -0.05) is 13.0 Å². The van der Waals surface area contributed by atoms with Crippen molar-refractivity contribution in [1.29, 1.82) is 0 Å². The minimum atomic E-state index is 0. The van der Waals surface area contributed by atoms with Gasteiger partial charge in [0.15, 0.2) is 0 Å². The van der Waals surface area contributed by atoms with E-state index < -0.39 is 0 Å². The summed E-state index contributed by atoms with van der Waals surface area (Å²) < 4.78 is 0. The Hall–Kier alpha value is -0.270. The molecule has 0 bridgehead atoms. The molecule has 0 aliphatic carbocycles. The largest absolute Gasteiger partial charge is 0.260 e. The fourth-order valence-corrected chi connectivity index (χ4v) is 1.15. The second-order valence-corrected chi connectivity index (χ2v) is 2.36. The highest BCUT2D eigenvalue weighted by Crippen LogP contribution is 2.07. The van der Waals surface area contributed by atoms with E-state index in [-0.39, 0.29) is 12.4 Å². The van der Waals surface area contributed by atoms with Gasteiger partial charge in [0.05, 0.1) is 11.6 Å². The Morgan fingerprint density at radius 2 is 2.27 bits per heavy atom. The van der Waals surface area contributed by atoms with E-state index in [9.17, 15) is 0 Å². The van der Waals surface area contributed by atoms with Crippen LogP contribution in [0.1, 0.15) is 18.2 Å². The lowest BCUT2D eigenvalue weighted by Crippen LogP contribution is -1.91. The molecule has 1 aromatic rings. The van der Waals surface area contributed by atoms with Gasteiger partial charge >= 0.3 is 0 Å². The second-order valence-electron chi connectivity index (χ2n) is 2.10. The van der Waals surface area contributed by atoms with Crippen molar-refractivity contribution in [3.63, 3.8) is 0 Å². The van der Waals surface area contributed by atoms with Crippen LogP contribution in [-0.2, 0) is 12.3 Å². The summed E-state index contributed by atoms with van der Waals surface area (Å²) in [6, 6.07) is 4.00. The molecule has 3 heteroatoms. The molecule has 0 atom stereocenters. The van der Waals surface area contributed by atoms with Gasteiger partial charge in [0.2, 0.25) is 0 Å². The summed E-state index contributed by atoms with van der Waals surface area (Å²) in [6.07, 6.45) is 2.78. The third-order valence-electron chi connectivity index (χ3n) is 1.49. The molecule has 0 amide bonds. The minimum Gasteiger partial charge on any atom is -0.260 e. The van der Waals surface area contributed by atoms with Crippen LogP contribution in [0.25, 0.3) is 0 Å². The molecule has 0 aromatic carbocycles. The summed E-state index contributed by atoms with van der Waals surface area (Å²) in [4.78, 5) is 4.14. The van der Waals surface area contributed by atoms with Gasteiger partial charge in [0.1, 0.15) is 0 Å². The van der Waals surface area contributed by atoms with Crippen LogP contribution in [-0.4, -0.2) is 4.98 Å². The Kier molecular flexibility index (Phi) is 5.26. The lowest BCUT2D eigenvalue weighted by molar-refractivity contribution is 1.03. The van der Waals surface area contributed by atoms with Gasteiger partial charge in [-0.05, 0) is 18.1 Å². The lowest BCUT2D eigenvalue weighted by atomic mass is 10.1. The molecular formula is C8H11Cl2N. The van der Waals surface area contributed by atoms with E-state index in [2.05, 4.69) is 18.0 Å². The van der Waals surface area contributed by atoms with E-state index in [4.69, 9.17) is 11.6 Å². The molecule has 1 aromatic heterocycles. The fourth-order valence-electron chi connectivity index (χ4n) is 0.914. The van der Waals surface area contributed by atoms with Crippen molar-refractivity contribution < 1.29 is 0 Å². The van der Waals surface area contributed by atoms with Gasteiger partial charge < -0.3 is 0 Å². The van der Waals surface area contributed by atoms with Crippen molar-refractivity contribution >= 4 is 24.0 Å². The van der Waals surface area contributed by atoms with Gasteiger partial charge in [-0.2, -0.15) is 0 Å². The standard InChI is InChI=1S/C8H10ClN.ClH/c1-2-7-4-3-5-10-8(7)6-9;/h3-5H,2,6H2,1H3;1H. The highest BCUT2D eigenvalue weighted by Gasteiger charge is 1.96. The first-order valence-electron chi connectivity index (χ1n) is 3.37. The normalized spacial score (nSPS) is 8.91. The summed E-state index contributed by atoms with van der Waals surface area (Å²) in [7, 11) is 0. The number of aryl methyl sites for hydroxylation is 1. The second kappa shape index (κ2) is 5.39. The van der Waals surface area contributed by atoms with Gasteiger partial charge in [0.25, 0.3) is 0 Å². The maximum absolute atomic E-state index is 5.65. The van der Waals surface area contributed by atoms with Crippen LogP contribution < -0.4 is 0 Å². The lowest BCUT2D eigenvalue weighted by Gasteiger charge is -2.00. The molecule has 0 unspecified atom stereocenters. The average molecular weight is 192 g/mol. The van der Waals surface area contributed by atoms with Crippen molar-refractivity contribution in [3.8, 4) is 0 Å². The Bertz CT molecular complexity index is 190. The van der Waals surface area contributed by atoms with Gasteiger partial charge in [-0.15, -0.1) is 24.0 Å². The molecule has 1 heterocycles. The van der Waals surface area contributed by atoms with Crippen molar-refractivity contribution in [1.82, 2.24) is 4.98 Å². The highest BCUT2D eigenvalue weighted by molar-refractivity contribution is 6.16. The maximum Gasteiger partial charge on any atom is 0.0650 e. The van der Waals surface area contributed by atoms with Crippen molar-refractivity contribution in [2.45, 2.75) is 19.2 Å². The molecule has 0 saturated heterocycles. The summed E-state index contributed by atoms with van der Waals surface area (Å²) in [5.41, 5.74) is 2.25. The van der Waals surface area contributed by atoms with Gasteiger partial charge in [0, 0.05) is 6.20 Å². The monoisotopic (exact) mass is 191 g/mol. The van der Waals surface area contributed by atoms with E-state index in [1.165, 1.54) is 5.56 Å². The highest BCUT2D eigenvalue weighted by atomic mass is 35.5. The van der Waals surface area contributed by atoms with E-state index >= 15 is 0 Å². The number of rotatable bonds is 2. The molecule has 0 aliphatic rings. The topological polar surface area (TPSA) is 12.9 Å². The van der Waals surface area contributed by atoms with Crippen LogP contribution >= 0.6 is 24.0 Å². The number of alkyl halides is 1. The molecular weight excluding hydrogens is 181 g/mol. The van der Waals surface area contributed by atoms with Crippen LogP contribution in [0.5, 0.6) is 0 Å². The van der Waals surface area contributed by atoms with E-state index in [1.807, 2.05) is 6.07 Å². The number of hydrogen-bond donors (Lipinski definition) is 0. The zero-order chi connectivity index (χ0) is 7.40. The van der Waals surface area contributed by atoms with Crippen LogP contribution in [0.2, 0.25) is 0 Å². The van der Waals surface area contributed by atoms with Crippen LogP contribution in [0.15, 0.2) is 18.3 Å². The molecule has 1 nitrogen and oxygen atoms in total. The van der Waals surface area contributed by atoms with Crippen LogP contribution in [0, 0.1) is 0 Å². The summed E-state index contributed by atoms with van der Waals surface area (Å²) in [5.74, 6) is 0.518. The van der Waals surface area contributed by atoms with E-state index in [1.54, 1.807) is 6.20 Å². The molecule has 0 N–H and O–H groups in total. The van der Waals surface area contributed by atoms with Crippen molar-refractivity contribution in [2.24, 2.45) is 0 Å². The molecule has 0 saturated carbocycles. The Morgan fingerprint density at radius 1 is 1.55 bits per heavy atom. The smallest absolute Gasteiger partial charge is 0.0650 e. The first kappa shape index (κ1) is 10.7. The van der Waals surface area contributed by atoms with E-state index in [0.717, 1.165) is 12.1 Å². The molecule has 0 radical (unpaired) electrons. The quantitative estimate of drug-likeness (QED) is 0.656. The number of halogens is 2. The molecule has 11 heavy (non-hydrogen) atoms. The van der Waals surface area contributed by atoms with Crippen LogP contribution in [0.3, 0.4) is 0 Å². The minimum absolute atomic E-state index is 0. The average Bonchev–Trinajstić information content (AvgIpc) is 2.04. The first-order chi connectivity index (χ1) is 4.88. The maximum atomic E-state index is 5.65. The number of nitrogens with zero attached hydrogens (tertiary/aromatic N) is 1. The molecule has 0 aliphatic heterocycles. The molecule has 62 valence electrons. The number of aromatic nitrogens is 1. The Balaban J connectivity index is 0.000001000. The number of pyridine rings is 1. The summed E-state index contributed by atoms with van der Waals surface area (Å²) in [6.45, 7) is 2.10. The predicted molar refractivity (Wildman–Crippen MR) is 50.4 cm³/mol. The third-order valence-corrected chi connectivity index (χ3v) is 1.75. The fraction of sp³-hybridized carbons (Fsp3) is 0.375.